The van der Waals surface area contributed by atoms with Gasteiger partial charge >= 0.3 is 0 Å². The minimum atomic E-state index is -0.967. The van der Waals surface area contributed by atoms with Gasteiger partial charge in [-0.3, -0.25) is 19.5 Å². The Morgan fingerprint density at radius 2 is 1.94 bits per heavy atom. The maximum Gasteiger partial charge on any atom is 0.278 e. The van der Waals surface area contributed by atoms with Crippen molar-refractivity contribution in [3.05, 3.63) is 74.9 Å². The molecule has 0 aliphatic carbocycles. The number of carbonyl (C=O) groups is 2. The molecule has 0 unspecified atom stereocenters. The maximum absolute atomic E-state index is 13.5. The maximum atomic E-state index is 13.5. The Kier molecular flexibility index (Phi) is 4.30. The van der Waals surface area contributed by atoms with Gasteiger partial charge in [0.1, 0.15) is 5.82 Å². The van der Waals surface area contributed by atoms with Crippen LogP contribution in [-0.4, -0.2) is 31.6 Å². The lowest BCUT2D eigenvalue weighted by molar-refractivity contribution is -0.121. The van der Waals surface area contributed by atoms with E-state index in [-0.39, 0.29) is 28.6 Å². The molecule has 2 N–H and O–H groups in total. The zero-order chi connectivity index (χ0) is 21.9. The van der Waals surface area contributed by atoms with Crippen LogP contribution >= 0.6 is 11.6 Å². The number of rotatable bonds is 3. The van der Waals surface area contributed by atoms with Crippen LogP contribution in [0.25, 0.3) is 17.0 Å². The van der Waals surface area contributed by atoms with E-state index in [4.69, 9.17) is 11.6 Å². The number of hydrogen-bond acceptors (Lipinski definition) is 4. The number of H-pyrrole nitrogens is 2. The standard InChI is InChI=1S/C21H15ClFN5O3/c1-10-18(20(31)28(26-10)21-24-15-4-2-3-5-16(15)25-21)12-9-17(29)27(19(12)30)11-6-7-14(23)13(22)8-11/h2-8,12,26H,9H2,1H3,(H,24,25)/t12-/m0/s1. The number of benzene rings is 2. The molecule has 156 valence electrons. The summed E-state index contributed by atoms with van der Waals surface area (Å²) < 4.78 is 14.7. The first kappa shape index (κ1) is 19.3. The molecule has 8 nitrogen and oxygen atoms in total. The molecule has 31 heavy (non-hydrogen) atoms. The summed E-state index contributed by atoms with van der Waals surface area (Å²) in [6.07, 6.45) is -0.179. The number of aromatic nitrogens is 4. The predicted octanol–water partition coefficient (Wildman–Crippen LogP) is 3.19. The first-order chi connectivity index (χ1) is 14.8. The van der Waals surface area contributed by atoms with Gasteiger partial charge in [-0.1, -0.05) is 23.7 Å². The largest absolute Gasteiger partial charge is 0.322 e. The Balaban J connectivity index is 1.55. The summed E-state index contributed by atoms with van der Waals surface area (Å²) in [4.78, 5) is 47.3. The van der Waals surface area contributed by atoms with Gasteiger partial charge in [-0.2, -0.15) is 4.68 Å². The van der Waals surface area contributed by atoms with Gasteiger partial charge < -0.3 is 4.98 Å². The van der Waals surface area contributed by atoms with Crippen molar-refractivity contribution < 1.29 is 14.0 Å². The summed E-state index contributed by atoms with van der Waals surface area (Å²) >= 11 is 5.80. The second-order valence-corrected chi connectivity index (χ2v) is 7.70. The van der Waals surface area contributed by atoms with Crippen molar-refractivity contribution in [2.75, 3.05) is 4.90 Å². The number of nitrogens with one attached hydrogen (secondary N) is 2. The van der Waals surface area contributed by atoms with Crippen LogP contribution in [0.3, 0.4) is 0 Å². The molecular weight excluding hydrogens is 425 g/mol. The van der Waals surface area contributed by atoms with Gasteiger partial charge in [0.05, 0.1) is 33.2 Å². The Bertz CT molecular complexity index is 1400. The third-order valence-electron chi connectivity index (χ3n) is 5.36. The number of carbonyl (C=O) groups excluding carboxylic acids is 2. The van der Waals surface area contributed by atoms with E-state index in [2.05, 4.69) is 15.1 Å². The normalized spacial score (nSPS) is 16.6. The molecule has 10 heteroatoms. The van der Waals surface area contributed by atoms with Gasteiger partial charge in [0.15, 0.2) is 0 Å². The van der Waals surface area contributed by atoms with Gasteiger partial charge in [-0.05, 0) is 37.3 Å². The van der Waals surface area contributed by atoms with Crippen LogP contribution in [0.2, 0.25) is 5.02 Å². The van der Waals surface area contributed by atoms with Gasteiger partial charge in [-0.15, -0.1) is 0 Å². The van der Waals surface area contributed by atoms with Gasteiger partial charge in [0.2, 0.25) is 17.8 Å². The van der Waals surface area contributed by atoms with Crippen molar-refractivity contribution in [2.24, 2.45) is 0 Å². The fourth-order valence-electron chi connectivity index (χ4n) is 3.92. The lowest BCUT2D eigenvalue weighted by Gasteiger charge is -2.15. The summed E-state index contributed by atoms with van der Waals surface area (Å²) in [7, 11) is 0. The van der Waals surface area contributed by atoms with Crippen molar-refractivity contribution in [2.45, 2.75) is 19.3 Å². The number of fused-ring (bicyclic) bond motifs is 1. The highest BCUT2D eigenvalue weighted by Gasteiger charge is 2.43. The fourth-order valence-corrected chi connectivity index (χ4v) is 4.09. The molecule has 3 heterocycles. The summed E-state index contributed by atoms with van der Waals surface area (Å²) in [6, 6.07) is 10.9. The topological polar surface area (TPSA) is 104 Å². The molecule has 0 bridgehead atoms. The molecule has 2 aromatic heterocycles. The van der Waals surface area contributed by atoms with Gasteiger partial charge in [0.25, 0.3) is 5.56 Å². The summed E-state index contributed by atoms with van der Waals surface area (Å²) in [5, 5.41) is 2.73. The number of hydrogen-bond donors (Lipinski definition) is 2. The molecule has 2 amide bonds. The van der Waals surface area contributed by atoms with Crippen molar-refractivity contribution >= 4 is 40.1 Å². The highest BCUT2D eigenvalue weighted by Crippen LogP contribution is 2.34. The Labute approximate surface area is 179 Å². The number of aromatic amines is 2. The van der Waals surface area contributed by atoms with E-state index in [9.17, 15) is 18.8 Å². The molecule has 1 aliphatic heterocycles. The van der Waals surface area contributed by atoms with E-state index in [1.165, 1.54) is 16.8 Å². The lowest BCUT2D eigenvalue weighted by Crippen LogP contribution is -2.31. The van der Waals surface area contributed by atoms with Crippen LogP contribution in [0.5, 0.6) is 0 Å². The molecule has 0 saturated carbocycles. The first-order valence-corrected chi connectivity index (χ1v) is 9.81. The lowest BCUT2D eigenvalue weighted by atomic mass is 9.98. The van der Waals surface area contributed by atoms with Crippen LogP contribution in [0.15, 0.2) is 47.3 Å². The van der Waals surface area contributed by atoms with E-state index >= 15 is 0 Å². The van der Waals surface area contributed by atoms with E-state index in [0.717, 1.165) is 16.5 Å². The zero-order valence-electron chi connectivity index (χ0n) is 16.1. The SMILES string of the molecule is Cc1[nH]n(-c2nc3ccccc3[nH]2)c(=O)c1[C@@H]1CC(=O)N(c2ccc(F)c(Cl)c2)C1=O. The number of para-hydroxylation sites is 2. The minimum Gasteiger partial charge on any atom is -0.322 e. The number of imidazole rings is 1. The predicted molar refractivity (Wildman–Crippen MR) is 112 cm³/mol. The smallest absolute Gasteiger partial charge is 0.278 e. The van der Waals surface area contributed by atoms with E-state index in [1.54, 1.807) is 6.92 Å². The number of nitrogens with zero attached hydrogens (tertiary/aromatic N) is 3. The molecule has 2 aromatic carbocycles. The van der Waals surface area contributed by atoms with Crippen LogP contribution in [-0.2, 0) is 9.59 Å². The molecule has 1 saturated heterocycles. The van der Waals surface area contributed by atoms with Gasteiger partial charge in [-0.25, -0.2) is 14.3 Å². The van der Waals surface area contributed by atoms with Crippen molar-refractivity contribution in [1.82, 2.24) is 19.7 Å². The third kappa shape index (κ3) is 2.97. The summed E-state index contributed by atoms with van der Waals surface area (Å²) in [5.74, 6) is -2.40. The molecule has 1 fully saturated rings. The Hall–Kier alpha value is -3.72. The number of imide groups is 1. The van der Waals surface area contributed by atoms with Crippen LogP contribution < -0.4 is 10.5 Å². The molecule has 0 radical (unpaired) electrons. The molecule has 1 aliphatic rings. The van der Waals surface area contributed by atoms with Crippen LogP contribution in [0.1, 0.15) is 23.6 Å². The Morgan fingerprint density at radius 1 is 1.16 bits per heavy atom. The number of anilines is 1. The third-order valence-corrected chi connectivity index (χ3v) is 5.65. The molecule has 5 rings (SSSR count). The quantitative estimate of drug-likeness (QED) is 0.478. The Morgan fingerprint density at radius 3 is 2.68 bits per heavy atom. The molecule has 1 atom stereocenters. The van der Waals surface area contributed by atoms with Crippen LogP contribution in [0, 0.1) is 12.7 Å². The van der Waals surface area contributed by atoms with Crippen molar-refractivity contribution in [3.8, 4) is 5.95 Å². The van der Waals surface area contributed by atoms with E-state index < -0.39 is 29.1 Å². The summed E-state index contributed by atoms with van der Waals surface area (Å²) in [5.41, 5.74) is 1.77. The second-order valence-electron chi connectivity index (χ2n) is 7.29. The molecule has 4 aromatic rings. The highest BCUT2D eigenvalue weighted by atomic mass is 35.5. The fraction of sp³-hybridized carbons (Fsp3) is 0.143. The first-order valence-electron chi connectivity index (χ1n) is 9.43. The average Bonchev–Trinajstić information content (AvgIpc) is 3.37. The molecule has 0 spiro atoms. The minimum absolute atomic E-state index is 0.162. The monoisotopic (exact) mass is 439 g/mol. The second kappa shape index (κ2) is 6.92. The van der Waals surface area contributed by atoms with E-state index in [0.29, 0.717) is 11.2 Å². The van der Waals surface area contributed by atoms with Gasteiger partial charge in [0, 0.05) is 12.1 Å². The van der Waals surface area contributed by atoms with Crippen molar-refractivity contribution in [1.29, 1.82) is 0 Å². The van der Waals surface area contributed by atoms with Crippen LogP contribution in [0.4, 0.5) is 10.1 Å². The number of amides is 2. The summed E-state index contributed by atoms with van der Waals surface area (Å²) in [6.45, 7) is 1.66. The zero-order valence-corrected chi connectivity index (χ0v) is 16.9. The van der Waals surface area contributed by atoms with E-state index in [1.807, 2.05) is 24.3 Å². The number of halogens is 2. The molecular formula is C21H15ClFN5O3. The van der Waals surface area contributed by atoms with Crippen molar-refractivity contribution in [3.63, 3.8) is 0 Å². The highest BCUT2D eigenvalue weighted by molar-refractivity contribution is 6.31. The number of aryl methyl sites for hydroxylation is 1. The average molecular weight is 440 g/mol.